The van der Waals surface area contributed by atoms with Crippen LogP contribution in [0.5, 0.6) is 0 Å². The van der Waals surface area contributed by atoms with Gasteiger partial charge >= 0.3 is 0 Å². The summed E-state index contributed by atoms with van der Waals surface area (Å²) in [5.41, 5.74) is 6.04. The number of halogens is 2. The quantitative estimate of drug-likeness (QED) is 0.826. The Morgan fingerprint density at radius 1 is 1.05 bits per heavy atom. The van der Waals surface area contributed by atoms with Crippen molar-refractivity contribution >= 4 is 21.6 Å². The summed E-state index contributed by atoms with van der Waals surface area (Å²) >= 11 is 3.37. The van der Waals surface area contributed by atoms with Gasteiger partial charge in [0, 0.05) is 16.7 Å². The number of anilines is 1. The Morgan fingerprint density at radius 2 is 1.68 bits per heavy atom. The molecule has 0 radical (unpaired) electrons. The topological polar surface area (TPSA) is 12.0 Å². The molecule has 2 rings (SSSR count). The van der Waals surface area contributed by atoms with Gasteiger partial charge in [-0.25, -0.2) is 4.39 Å². The molecule has 100 valence electrons. The number of nitrogens with one attached hydrogen (secondary N) is 1. The maximum Gasteiger partial charge on any atom is 0.124 e. The first-order valence-electron chi connectivity index (χ1n) is 6.23. The minimum Gasteiger partial charge on any atom is -0.380 e. The fourth-order valence-corrected chi connectivity index (χ4v) is 2.80. The van der Waals surface area contributed by atoms with E-state index >= 15 is 0 Å². The summed E-state index contributed by atoms with van der Waals surface area (Å²) in [6, 6.07) is 9.05. The van der Waals surface area contributed by atoms with E-state index in [1.54, 1.807) is 6.07 Å². The predicted molar refractivity (Wildman–Crippen MR) is 82.1 cm³/mol. The zero-order valence-electron chi connectivity index (χ0n) is 11.3. The van der Waals surface area contributed by atoms with Crippen LogP contribution in [0.15, 0.2) is 34.8 Å². The molecule has 1 N–H and O–H groups in total. The molecule has 0 atom stereocenters. The van der Waals surface area contributed by atoms with Gasteiger partial charge in [0.05, 0.1) is 0 Å². The lowest BCUT2D eigenvalue weighted by atomic mass is 10.00. The molecule has 2 aromatic rings. The van der Waals surface area contributed by atoms with E-state index < -0.39 is 0 Å². The lowest BCUT2D eigenvalue weighted by Gasteiger charge is -2.14. The average molecular weight is 322 g/mol. The monoisotopic (exact) mass is 321 g/mol. The lowest BCUT2D eigenvalue weighted by Crippen LogP contribution is -2.04. The maximum atomic E-state index is 13.0. The van der Waals surface area contributed by atoms with Crippen molar-refractivity contribution in [1.29, 1.82) is 0 Å². The van der Waals surface area contributed by atoms with Crippen molar-refractivity contribution in [2.24, 2.45) is 0 Å². The van der Waals surface area contributed by atoms with Gasteiger partial charge in [0.2, 0.25) is 0 Å². The van der Waals surface area contributed by atoms with Crippen molar-refractivity contribution in [3.05, 3.63) is 62.9 Å². The number of hydrogen-bond donors (Lipinski definition) is 1. The second kappa shape index (κ2) is 5.74. The molecule has 0 saturated heterocycles. The van der Waals surface area contributed by atoms with E-state index in [9.17, 15) is 4.39 Å². The molecule has 0 spiro atoms. The lowest BCUT2D eigenvalue weighted by molar-refractivity contribution is 0.627. The van der Waals surface area contributed by atoms with E-state index in [4.69, 9.17) is 0 Å². The number of rotatable bonds is 3. The molecule has 0 saturated carbocycles. The average Bonchev–Trinajstić information content (AvgIpc) is 2.30. The summed E-state index contributed by atoms with van der Waals surface area (Å²) in [7, 11) is 0. The molecule has 1 nitrogen and oxygen atoms in total. The minimum absolute atomic E-state index is 0.236. The van der Waals surface area contributed by atoms with Gasteiger partial charge in [-0.15, -0.1) is 0 Å². The molecular weight excluding hydrogens is 305 g/mol. The van der Waals surface area contributed by atoms with Gasteiger partial charge in [0.15, 0.2) is 0 Å². The van der Waals surface area contributed by atoms with Gasteiger partial charge in [-0.2, -0.15) is 0 Å². The Hall–Kier alpha value is -1.35. The normalized spacial score (nSPS) is 10.6. The molecule has 2 aromatic carbocycles. The molecule has 3 heteroatoms. The molecule has 0 aliphatic heterocycles. The molecule has 0 amide bonds. The van der Waals surface area contributed by atoms with Crippen LogP contribution in [0.25, 0.3) is 0 Å². The predicted octanol–water partition coefficient (Wildman–Crippen LogP) is 5.13. The molecule has 0 aliphatic rings. The highest BCUT2D eigenvalue weighted by atomic mass is 79.9. The van der Waals surface area contributed by atoms with Crippen molar-refractivity contribution in [3.8, 4) is 0 Å². The SMILES string of the molecule is Cc1cc(C)c(CNc2ccc(F)cc2Br)c(C)c1. The van der Waals surface area contributed by atoms with E-state index in [0.717, 1.165) is 16.7 Å². The van der Waals surface area contributed by atoms with Crippen molar-refractivity contribution < 1.29 is 4.39 Å². The minimum atomic E-state index is -0.236. The van der Waals surface area contributed by atoms with Crippen LogP contribution in [-0.2, 0) is 6.54 Å². The highest BCUT2D eigenvalue weighted by molar-refractivity contribution is 9.10. The van der Waals surface area contributed by atoms with E-state index in [-0.39, 0.29) is 5.82 Å². The van der Waals surface area contributed by atoms with Crippen LogP contribution in [0.3, 0.4) is 0 Å². The third-order valence-electron chi connectivity index (χ3n) is 3.23. The van der Waals surface area contributed by atoms with Crippen LogP contribution in [0.1, 0.15) is 22.3 Å². The van der Waals surface area contributed by atoms with Gasteiger partial charge in [-0.3, -0.25) is 0 Å². The number of benzene rings is 2. The molecule has 19 heavy (non-hydrogen) atoms. The Labute approximate surface area is 122 Å². The number of aryl methyl sites for hydroxylation is 3. The van der Waals surface area contributed by atoms with Crippen LogP contribution >= 0.6 is 15.9 Å². The van der Waals surface area contributed by atoms with Crippen LogP contribution in [0.2, 0.25) is 0 Å². The fraction of sp³-hybridized carbons (Fsp3) is 0.250. The Bertz CT molecular complexity index is 585. The highest BCUT2D eigenvalue weighted by Gasteiger charge is 2.06. The Morgan fingerprint density at radius 3 is 2.26 bits per heavy atom. The summed E-state index contributed by atoms with van der Waals surface area (Å²) in [5.74, 6) is -0.236. The summed E-state index contributed by atoms with van der Waals surface area (Å²) in [6.07, 6.45) is 0. The maximum absolute atomic E-state index is 13.0. The fourth-order valence-electron chi connectivity index (χ4n) is 2.31. The Balaban J connectivity index is 2.19. The van der Waals surface area contributed by atoms with Crippen LogP contribution in [0, 0.1) is 26.6 Å². The molecular formula is C16H17BrFN. The van der Waals surface area contributed by atoms with Crippen LogP contribution in [0.4, 0.5) is 10.1 Å². The third kappa shape index (κ3) is 3.35. The summed E-state index contributed by atoms with van der Waals surface area (Å²) in [4.78, 5) is 0. The largest absolute Gasteiger partial charge is 0.380 e. The number of hydrogen-bond acceptors (Lipinski definition) is 1. The van der Waals surface area contributed by atoms with E-state index in [1.165, 1.54) is 34.4 Å². The molecule has 0 aromatic heterocycles. The smallest absolute Gasteiger partial charge is 0.124 e. The first-order valence-corrected chi connectivity index (χ1v) is 7.02. The zero-order valence-corrected chi connectivity index (χ0v) is 12.9. The molecule has 0 heterocycles. The third-order valence-corrected chi connectivity index (χ3v) is 3.88. The van der Waals surface area contributed by atoms with Crippen molar-refractivity contribution in [2.45, 2.75) is 27.3 Å². The van der Waals surface area contributed by atoms with E-state index in [2.05, 4.69) is 54.2 Å². The molecule has 0 bridgehead atoms. The standard InChI is InChI=1S/C16H17BrFN/c1-10-6-11(2)14(12(3)7-10)9-19-16-5-4-13(18)8-15(16)17/h4-8,19H,9H2,1-3H3. The van der Waals surface area contributed by atoms with E-state index in [0.29, 0.717) is 0 Å². The van der Waals surface area contributed by atoms with Crippen LogP contribution < -0.4 is 5.32 Å². The van der Waals surface area contributed by atoms with Gasteiger partial charge in [0.1, 0.15) is 5.82 Å². The summed E-state index contributed by atoms with van der Waals surface area (Å²) in [5, 5.41) is 3.34. The molecule has 0 aliphatic carbocycles. The summed E-state index contributed by atoms with van der Waals surface area (Å²) < 4.78 is 13.8. The summed E-state index contributed by atoms with van der Waals surface area (Å²) in [6.45, 7) is 7.09. The second-order valence-electron chi connectivity index (χ2n) is 4.85. The van der Waals surface area contributed by atoms with Crippen LogP contribution in [-0.4, -0.2) is 0 Å². The molecule has 0 unspecified atom stereocenters. The zero-order chi connectivity index (χ0) is 14.0. The van der Waals surface area contributed by atoms with E-state index in [1.807, 2.05) is 0 Å². The van der Waals surface area contributed by atoms with Crippen molar-refractivity contribution in [2.75, 3.05) is 5.32 Å². The second-order valence-corrected chi connectivity index (χ2v) is 5.71. The van der Waals surface area contributed by atoms with Gasteiger partial charge in [-0.05, 0) is 71.6 Å². The van der Waals surface area contributed by atoms with Crippen molar-refractivity contribution in [1.82, 2.24) is 0 Å². The molecule has 0 fully saturated rings. The van der Waals surface area contributed by atoms with Crippen molar-refractivity contribution in [3.63, 3.8) is 0 Å². The first-order chi connectivity index (χ1) is 8.97. The van der Waals surface area contributed by atoms with Gasteiger partial charge < -0.3 is 5.32 Å². The first kappa shape index (κ1) is 14.1. The highest BCUT2D eigenvalue weighted by Crippen LogP contribution is 2.25. The van der Waals surface area contributed by atoms with Gasteiger partial charge in [-0.1, -0.05) is 17.7 Å². The van der Waals surface area contributed by atoms with Gasteiger partial charge in [0.25, 0.3) is 0 Å². The Kier molecular flexibility index (Phi) is 4.25.